The third kappa shape index (κ3) is 7.32. The molecule has 3 aliphatic heterocycles. The van der Waals surface area contributed by atoms with Gasteiger partial charge in [-0.05, 0) is 18.1 Å². The number of carbonyl (C=O) groups is 4. The van der Waals surface area contributed by atoms with Crippen LogP contribution >= 0.6 is 23.1 Å². The fourth-order valence-electron chi connectivity index (χ4n) is 6.73. The number of aliphatic carboxylic acids is 1. The normalized spacial score (nSPS) is 19.7. The Morgan fingerprint density at radius 2 is 1.56 bits per heavy atom. The highest BCUT2D eigenvalue weighted by Crippen LogP contribution is 2.43. The van der Waals surface area contributed by atoms with Crippen molar-refractivity contribution in [1.82, 2.24) is 20.1 Å². The minimum absolute atomic E-state index is 0.00107. The molecule has 0 saturated carbocycles. The number of alkyl halides is 3. The summed E-state index contributed by atoms with van der Waals surface area (Å²) >= 11 is 2.19. The highest BCUT2D eigenvalue weighted by molar-refractivity contribution is 8.00. The minimum Gasteiger partial charge on any atom is -0.477 e. The van der Waals surface area contributed by atoms with Gasteiger partial charge in [0, 0.05) is 39.9 Å². The van der Waals surface area contributed by atoms with E-state index in [1.807, 2.05) is 91.0 Å². The van der Waals surface area contributed by atoms with Crippen LogP contribution < -0.4 is 11.1 Å². The van der Waals surface area contributed by atoms with E-state index in [1.54, 1.807) is 0 Å². The standard InChI is InChI=1S/C38H31F3N6O6S2/c39-37(40,41)21-46-17-16-22(32(46)49)18-23-19-54-34-29(33(50)47(34)30(23)35(51)52)44-31(48)28(27-20-55-36(42)43-27)45-53-38(24-10-4-1-5-11-24,25-12-6-2-7-13-25)26-14-8-3-9-15-26/h1-15,18,20,29,34H,16-17,19,21H2,(H2,42,43)(H,44,48)(H,51,52)/b22-18+,45-28-/t29-,34-/m1/s1. The van der Waals surface area contributed by atoms with E-state index < -0.39 is 59.1 Å². The van der Waals surface area contributed by atoms with Crippen molar-refractivity contribution >= 4 is 57.6 Å². The van der Waals surface area contributed by atoms with Crippen LogP contribution in [0.1, 0.15) is 28.8 Å². The van der Waals surface area contributed by atoms with E-state index in [1.165, 1.54) is 11.5 Å². The number of halogens is 3. The van der Waals surface area contributed by atoms with Crippen LogP contribution in [0.25, 0.3) is 0 Å². The van der Waals surface area contributed by atoms with E-state index in [2.05, 4.69) is 15.5 Å². The highest BCUT2D eigenvalue weighted by Gasteiger charge is 2.54. The van der Waals surface area contributed by atoms with Crippen molar-refractivity contribution < 1.29 is 42.3 Å². The summed E-state index contributed by atoms with van der Waals surface area (Å²) in [6.45, 7) is -1.60. The summed E-state index contributed by atoms with van der Waals surface area (Å²) in [7, 11) is 0. The van der Waals surface area contributed by atoms with Crippen molar-refractivity contribution in [2.75, 3.05) is 24.6 Å². The Bertz CT molecular complexity index is 2130. The molecular formula is C38H31F3N6O6S2. The summed E-state index contributed by atoms with van der Waals surface area (Å²) in [5, 5.41) is 18.1. The maximum Gasteiger partial charge on any atom is 0.406 e. The number of oxime groups is 1. The third-order valence-electron chi connectivity index (χ3n) is 9.21. The number of likely N-dealkylation sites (tertiary alicyclic amines) is 1. The first-order valence-electron chi connectivity index (χ1n) is 16.8. The fraction of sp³-hybridized carbons (Fsp3) is 0.211. The average molecular weight is 789 g/mol. The van der Waals surface area contributed by atoms with Gasteiger partial charge in [-0.15, -0.1) is 23.1 Å². The molecule has 3 aromatic carbocycles. The van der Waals surface area contributed by atoms with Crippen LogP contribution in [-0.2, 0) is 29.6 Å². The number of amides is 3. The lowest BCUT2D eigenvalue weighted by Crippen LogP contribution is -2.71. The molecule has 0 bridgehead atoms. The monoisotopic (exact) mass is 788 g/mol. The predicted octanol–water partition coefficient (Wildman–Crippen LogP) is 4.90. The summed E-state index contributed by atoms with van der Waals surface area (Å²) in [6.07, 6.45) is -3.36. The molecule has 7 rings (SSSR count). The topological polar surface area (TPSA) is 168 Å². The molecule has 282 valence electrons. The number of allylic oxidation sites excluding steroid dienone is 1. The van der Waals surface area contributed by atoms with Gasteiger partial charge in [0.15, 0.2) is 10.8 Å². The van der Waals surface area contributed by atoms with Gasteiger partial charge in [-0.1, -0.05) is 96.2 Å². The number of carboxylic acids is 1. The zero-order valence-electron chi connectivity index (χ0n) is 28.6. The van der Waals surface area contributed by atoms with Crippen molar-refractivity contribution in [3.05, 3.63) is 142 Å². The summed E-state index contributed by atoms with van der Waals surface area (Å²) in [5.41, 5.74) is 6.14. The molecule has 0 spiro atoms. The number of thiazole rings is 1. The minimum atomic E-state index is -4.59. The second-order valence-corrected chi connectivity index (χ2v) is 14.7. The van der Waals surface area contributed by atoms with Crippen LogP contribution in [0.15, 0.2) is 124 Å². The molecular weight excluding hydrogens is 758 g/mol. The first-order valence-corrected chi connectivity index (χ1v) is 18.7. The van der Waals surface area contributed by atoms with Crippen LogP contribution in [0.4, 0.5) is 18.3 Å². The predicted molar refractivity (Wildman–Crippen MR) is 198 cm³/mol. The molecule has 2 fully saturated rings. The Morgan fingerprint density at radius 3 is 2.07 bits per heavy atom. The van der Waals surface area contributed by atoms with Gasteiger partial charge in [0.05, 0.1) is 0 Å². The van der Waals surface area contributed by atoms with Crippen molar-refractivity contribution in [2.24, 2.45) is 5.16 Å². The van der Waals surface area contributed by atoms with Crippen molar-refractivity contribution in [3.8, 4) is 0 Å². The highest BCUT2D eigenvalue weighted by atomic mass is 32.2. The Hall–Kier alpha value is -5.94. The number of thioether (sulfide) groups is 1. The molecule has 0 aliphatic carbocycles. The van der Waals surface area contributed by atoms with E-state index in [9.17, 15) is 37.5 Å². The third-order valence-corrected chi connectivity index (χ3v) is 11.2. The number of hydrogen-bond donors (Lipinski definition) is 3. The first kappa shape index (κ1) is 37.4. The number of nitrogens with one attached hydrogen (secondary N) is 1. The lowest BCUT2D eigenvalue weighted by Gasteiger charge is -2.49. The van der Waals surface area contributed by atoms with Gasteiger partial charge in [0.1, 0.15) is 29.4 Å². The van der Waals surface area contributed by atoms with Crippen LogP contribution in [-0.4, -0.2) is 85.7 Å². The molecule has 3 amide bonds. The maximum absolute atomic E-state index is 14.1. The van der Waals surface area contributed by atoms with Crippen molar-refractivity contribution in [2.45, 2.75) is 29.6 Å². The molecule has 17 heteroatoms. The second kappa shape index (κ2) is 15.1. The summed E-state index contributed by atoms with van der Waals surface area (Å²) in [5.74, 6) is -3.92. The number of nitrogen functional groups attached to an aromatic ring is 1. The van der Waals surface area contributed by atoms with E-state index in [0.29, 0.717) is 21.6 Å². The maximum atomic E-state index is 14.1. The van der Waals surface area contributed by atoms with Crippen molar-refractivity contribution in [1.29, 1.82) is 0 Å². The van der Waals surface area contributed by atoms with E-state index in [4.69, 9.17) is 10.6 Å². The Morgan fingerprint density at radius 1 is 0.982 bits per heavy atom. The molecule has 1 aromatic heterocycles. The molecule has 2 atom stereocenters. The number of hydrogen-bond acceptors (Lipinski definition) is 10. The zero-order chi connectivity index (χ0) is 38.9. The quantitative estimate of drug-likeness (QED) is 0.0630. The van der Waals surface area contributed by atoms with Gasteiger partial charge < -0.3 is 25.9 Å². The Kier molecular flexibility index (Phi) is 10.2. The largest absolute Gasteiger partial charge is 0.477 e. The van der Waals surface area contributed by atoms with Gasteiger partial charge >= 0.3 is 12.1 Å². The van der Waals surface area contributed by atoms with E-state index in [0.717, 1.165) is 28.0 Å². The van der Waals surface area contributed by atoms with Gasteiger partial charge in [-0.3, -0.25) is 19.3 Å². The van der Waals surface area contributed by atoms with Gasteiger partial charge in [0.25, 0.3) is 11.8 Å². The smallest absolute Gasteiger partial charge is 0.406 e. The molecule has 4 aromatic rings. The Balaban J connectivity index is 1.20. The summed E-state index contributed by atoms with van der Waals surface area (Å²) < 4.78 is 38.9. The van der Waals surface area contributed by atoms with Crippen LogP contribution in [0.3, 0.4) is 0 Å². The number of benzene rings is 3. The number of anilines is 1. The number of β-lactam (4-membered cyclic amide) rings is 1. The average Bonchev–Trinajstić information content (AvgIpc) is 3.76. The van der Waals surface area contributed by atoms with Gasteiger partial charge in [-0.25, -0.2) is 9.78 Å². The zero-order valence-corrected chi connectivity index (χ0v) is 30.2. The number of nitrogens with two attached hydrogens (primary N) is 1. The van der Waals surface area contributed by atoms with Gasteiger partial charge in [0.2, 0.25) is 11.5 Å². The molecule has 2 saturated heterocycles. The molecule has 4 N–H and O–H groups in total. The number of fused-ring (bicyclic) bond motifs is 1. The molecule has 3 aliphatic rings. The number of aromatic nitrogens is 1. The first-order chi connectivity index (χ1) is 26.4. The van der Waals surface area contributed by atoms with Crippen LogP contribution in [0, 0.1) is 0 Å². The number of rotatable bonds is 11. The number of nitrogens with zero attached hydrogens (tertiary/aromatic N) is 4. The van der Waals surface area contributed by atoms with E-state index in [-0.39, 0.29) is 46.4 Å². The van der Waals surface area contributed by atoms with Crippen LogP contribution in [0.2, 0.25) is 0 Å². The summed E-state index contributed by atoms with van der Waals surface area (Å²) in [6, 6.07) is 26.7. The molecule has 0 unspecified atom stereocenters. The number of carbonyl (C=O) groups excluding carboxylic acids is 3. The molecule has 12 nitrogen and oxygen atoms in total. The summed E-state index contributed by atoms with van der Waals surface area (Å²) in [4.78, 5) is 65.4. The molecule has 0 radical (unpaired) electrons. The number of carboxylic acid groups (broad SMARTS) is 1. The SMILES string of the molecule is Nc1nc(/C(=N/OC(c2ccccc2)(c2ccccc2)c2ccccc2)C(=O)N[C@@H]2C(=O)N3C(C(=O)O)=C(/C=C4\CCN(CC(F)(F)F)C4=O)CS[C@H]23)cs1. The lowest BCUT2D eigenvalue weighted by molar-refractivity contribution is -0.156. The van der Waals surface area contributed by atoms with Gasteiger partial charge in [-0.2, -0.15) is 13.2 Å². The molecule has 4 heterocycles. The van der Waals surface area contributed by atoms with Crippen LogP contribution in [0.5, 0.6) is 0 Å². The molecule has 55 heavy (non-hydrogen) atoms. The Labute approximate surface area is 320 Å². The second-order valence-electron chi connectivity index (χ2n) is 12.7. The fourth-order valence-corrected chi connectivity index (χ4v) is 8.59. The van der Waals surface area contributed by atoms with Crippen molar-refractivity contribution in [3.63, 3.8) is 0 Å². The van der Waals surface area contributed by atoms with E-state index >= 15 is 0 Å². The lowest BCUT2D eigenvalue weighted by atomic mass is 9.80.